The maximum atomic E-state index is 12.5. The van der Waals surface area contributed by atoms with Gasteiger partial charge in [-0.3, -0.25) is 9.59 Å². The SMILES string of the molecule is Cc1nc(C(=O)C[C@@H](c2ccc(OC(F)F)cc2)C(C)C)cc(=O)[nH]1. The Morgan fingerprint density at radius 3 is 2.40 bits per heavy atom. The second-order valence-electron chi connectivity index (χ2n) is 6.14. The Balaban J connectivity index is 2.20. The average Bonchev–Trinajstić information content (AvgIpc) is 2.51. The van der Waals surface area contributed by atoms with Crippen LogP contribution in [0.15, 0.2) is 35.1 Å². The number of hydrogen-bond donors (Lipinski definition) is 1. The molecule has 0 saturated carbocycles. The van der Waals surface area contributed by atoms with E-state index in [1.807, 2.05) is 13.8 Å². The fraction of sp³-hybridized carbons (Fsp3) is 0.389. The molecule has 1 aromatic heterocycles. The summed E-state index contributed by atoms with van der Waals surface area (Å²) in [4.78, 5) is 30.6. The first-order chi connectivity index (χ1) is 11.8. The third kappa shape index (κ3) is 5.20. The molecule has 1 heterocycles. The molecule has 0 amide bonds. The molecule has 0 bridgehead atoms. The molecule has 0 radical (unpaired) electrons. The van der Waals surface area contributed by atoms with Crippen molar-refractivity contribution in [3.8, 4) is 5.75 Å². The van der Waals surface area contributed by atoms with Crippen LogP contribution in [0.1, 0.15) is 48.1 Å². The summed E-state index contributed by atoms with van der Waals surface area (Å²) in [6.07, 6.45) is 0.169. The molecular weight excluding hydrogens is 330 g/mol. The molecule has 2 rings (SSSR count). The molecule has 134 valence electrons. The molecule has 0 unspecified atom stereocenters. The smallest absolute Gasteiger partial charge is 0.387 e. The highest BCUT2D eigenvalue weighted by molar-refractivity contribution is 5.94. The molecule has 2 aromatic rings. The Morgan fingerprint density at radius 2 is 1.88 bits per heavy atom. The van der Waals surface area contributed by atoms with Crippen LogP contribution in [0.4, 0.5) is 8.78 Å². The molecule has 0 aliphatic heterocycles. The van der Waals surface area contributed by atoms with E-state index in [9.17, 15) is 18.4 Å². The molecule has 25 heavy (non-hydrogen) atoms. The van der Waals surface area contributed by atoms with Crippen molar-refractivity contribution in [1.29, 1.82) is 0 Å². The van der Waals surface area contributed by atoms with E-state index in [1.54, 1.807) is 19.1 Å². The van der Waals surface area contributed by atoms with Crippen LogP contribution in [0.5, 0.6) is 5.75 Å². The van der Waals surface area contributed by atoms with Gasteiger partial charge in [-0.1, -0.05) is 26.0 Å². The number of H-pyrrole nitrogens is 1. The molecular formula is C18H20F2N2O3. The summed E-state index contributed by atoms with van der Waals surface area (Å²) in [7, 11) is 0. The van der Waals surface area contributed by atoms with Crippen molar-refractivity contribution in [3.05, 3.63) is 57.8 Å². The van der Waals surface area contributed by atoms with Crippen LogP contribution in [0.3, 0.4) is 0 Å². The predicted octanol–water partition coefficient (Wildman–Crippen LogP) is 3.69. The summed E-state index contributed by atoms with van der Waals surface area (Å²) in [6, 6.07) is 7.44. The van der Waals surface area contributed by atoms with Crippen molar-refractivity contribution >= 4 is 5.78 Å². The maximum Gasteiger partial charge on any atom is 0.387 e. The number of aromatic amines is 1. The molecule has 1 N–H and O–H groups in total. The first-order valence-corrected chi connectivity index (χ1v) is 7.92. The molecule has 0 fully saturated rings. The van der Waals surface area contributed by atoms with Gasteiger partial charge in [-0.05, 0) is 36.5 Å². The molecule has 0 saturated heterocycles. The van der Waals surface area contributed by atoms with Crippen molar-refractivity contribution in [3.63, 3.8) is 0 Å². The number of carbonyl (C=O) groups is 1. The normalized spacial score (nSPS) is 12.4. The average molecular weight is 350 g/mol. The Labute approximate surface area is 144 Å². The number of alkyl halides is 2. The van der Waals surface area contributed by atoms with Gasteiger partial charge < -0.3 is 9.72 Å². The lowest BCUT2D eigenvalue weighted by Gasteiger charge is -2.21. The largest absolute Gasteiger partial charge is 0.435 e. The molecule has 0 aliphatic rings. The first kappa shape index (κ1) is 18.8. The van der Waals surface area contributed by atoms with Gasteiger partial charge in [0.05, 0.1) is 0 Å². The van der Waals surface area contributed by atoms with Gasteiger partial charge in [0.25, 0.3) is 5.56 Å². The van der Waals surface area contributed by atoms with Crippen LogP contribution in [0.25, 0.3) is 0 Å². The third-order valence-corrected chi connectivity index (χ3v) is 3.89. The minimum Gasteiger partial charge on any atom is -0.435 e. The number of nitrogens with one attached hydrogen (secondary N) is 1. The van der Waals surface area contributed by atoms with Crippen molar-refractivity contribution in [1.82, 2.24) is 9.97 Å². The predicted molar refractivity (Wildman–Crippen MR) is 89.2 cm³/mol. The van der Waals surface area contributed by atoms with E-state index in [2.05, 4.69) is 14.7 Å². The molecule has 0 spiro atoms. The number of aromatic nitrogens is 2. The molecule has 1 atom stereocenters. The van der Waals surface area contributed by atoms with Crippen LogP contribution in [0, 0.1) is 12.8 Å². The van der Waals surface area contributed by atoms with E-state index in [4.69, 9.17) is 0 Å². The number of halogens is 2. The number of aryl methyl sites for hydroxylation is 1. The van der Waals surface area contributed by atoms with Gasteiger partial charge in [-0.25, -0.2) is 4.98 Å². The minimum atomic E-state index is -2.88. The second-order valence-corrected chi connectivity index (χ2v) is 6.14. The number of carbonyl (C=O) groups excluding carboxylic acids is 1. The van der Waals surface area contributed by atoms with Gasteiger partial charge in [-0.2, -0.15) is 8.78 Å². The first-order valence-electron chi connectivity index (χ1n) is 7.92. The summed E-state index contributed by atoms with van der Waals surface area (Å²) in [5, 5.41) is 0. The summed E-state index contributed by atoms with van der Waals surface area (Å²) in [5.74, 6) is 0.217. The van der Waals surface area contributed by atoms with Gasteiger partial charge >= 0.3 is 6.61 Å². The molecule has 0 aliphatic carbocycles. The van der Waals surface area contributed by atoms with E-state index in [0.717, 1.165) is 5.56 Å². The Hall–Kier alpha value is -2.57. The summed E-state index contributed by atoms with van der Waals surface area (Å²) in [5.41, 5.74) is 0.599. The van der Waals surface area contributed by atoms with Crippen LogP contribution >= 0.6 is 0 Å². The Morgan fingerprint density at radius 1 is 1.24 bits per heavy atom. The Bertz CT molecular complexity index is 786. The topological polar surface area (TPSA) is 72.0 Å². The van der Waals surface area contributed by atoms with Gasteiger partial charge in [-0.15, -0.1) is 0 Å². The number of hydrogen-bond acceptors (Lipinski definition) is 4. The van der Waals surface area contributed by atoms with Crippen molar-refractivity contribution in [2.24, 2.45) is 5.92 Å². The van der Waals surface area contributed by atoms with Gasteiger partial charge in [0.2, 0.25) is 0 Å². The lowest BCUT2D eigenvalue weighted by molar-refractivity contribution is -0.0498. The minimum absolute atomic E-state index is 0.0690. The van der Waals surface area contributed by atoms with Crippen molar-refractivity contribution in [2.45, 2.75) is 39.7 Å². The summed E-state index contributed by atoms with van der Waals surface area (Å²) in [6.45, 7) is 2.68. The number of ketones is 1. The van der Waals surface area contributed by atoms with Gasteiger partial charge in [0.15, 0.2) is 5.78 Å². The zero-order valence-electron chi connectivity index (χ0n) is 14.3. The van der Waals surface area contributed by atoms with E-state index in [0.29, 0.717) is 5.82 Å². The number of benzene rings is 1. The highest BCUT2D eigenvalue weighted by atomic mass is 19.3. The Kier molecular flexibility index (Phi) is 6.01. The fourth-order valence-corrected chi connectivity index (χ4v) is 2.66. The quantitative estimate of drug-likeness (QED) is 0.773. The lowest BCUT2D eigenvalue weighted by atomic mass is 9.84. The van der Waals surface area contributed by atoms with Crippen LogP contribution in [-0.2, 0) is 0 Å². The number of Topliss-reactive ketones (excluding diaryl/α,β-unsaturated/α-hetero) is 1. The fourth-order valence-electron chi connectivity index (χ4n) is 2.66. The van der Waals surface area contributed by atoms with Gasteiger partial charge in [0, 0.05) is 12.5 Å². The van der Waals surface area contributed by atoms with Crippen molar-refractivity contribution < 1.29 is 18.3 Å². The van der Waals surface area contributed by atoms with E-state index in [1.165, 1.54) is 18.2 Å². The monoisotopic (exact) mass is 350 g/mol. The van der Waals surface area contributed by atoms with Crippen molar-refractivity contribution in [2.75, 3.05) is 0 Å². The maximum absolute atomic E-state index is 12.5. The number of nitrogens with zero attached hydrogens (tertiary/aromatic N) is 1. The standard InChI is InChI=1S/C18H20F2N2O3/c1-10(2)14(12-4-6-13(7-5-12)25-18(19)20)8-16(23)15-9-17(24)22-11(3)21-15/h4-7,9-10,14,18H,8H2,1-3H3,(H,21,22,24)/t14-/m1/s1. The van der Waals surface area contributed by atoms with Gasteiger partial charge in [0.1, 0.15) is 17.3 Å². The number of rotatable bonds is 7. The van der Waals surface area contributed by atoms with E-state index in [-0.39, 0.29) is 41.0 Å². The zero-order chi connectivity index (χ0) is 18.6. The van der Waals surface area contributed by atoms with E-state index < -0.39 is 6.61 Å². The lowest BCUT2D eigenvalue weighted by Crippen LogP contribution is -2.18. The second kappa shape index (κ2) is 8.00. The molecule has 1 aromatic carbocycles. The summed E-state index contributed by atoms with van der Waals surface area (Å²) >= 11 is 0. The molecule has 5 nitrogen and oxygen atoms in total. The van der Waals surface area contributed by atoms with Crippen LogP contribution in [-0.4, -0.2) is 22.4 Å². The van der Waals surface area contributed by atoms with Crippen LogP contribution in [0.2, 0.25) is 0 Å². The number of ether oxygens (including phenoxy) is 1. The zero-order valence-corrected chi connectivity index (χ0v) is 14.3. The molecule has 7 heteroatoms. The highest BCUT2D eigenvalue weighted by Gasteiger charge is 2.22. The van der Waals surface area contributed by atoms with Crippen LogP contribution < -0.4 is 10.3 Å². The highest BCUT2D eigenvalue weighted by Crippen LogP contribution is 2.30. The summed E-state index contributed by atoms with van der Waals surface area (Å²) < 4.78 is 28.8. The third-order valence-electron chi connectivity index (χ3n) is 3.89. The van der Waals surface area contributed by atoms with E-state index >= 15 is 0 Å².